The van der Waals surface area contributed by atoms with Crippen molar-refractivity contribution in [2.75, 3.05) is 0 Å². The van der Waals surface area contributed by atoms with Crippen LogP contribution in [0.2, 0.25) is 0 Å². The highest BCUT2D eigenvalue weighted by Crippen LogP contribution is 2.10. The van der Waals surface area contributed by atoms with E-state index in [0.29, 0.717) is 13.1 Å². The number of nitrogens with zero attached hydrogens (tertiary/aromatic N) is 1. The van der Waals surface area contributed by atoms with Crippen LogP contribution in [0.1, 0.15) is 11.1 Å². The molecule has 19 heavy (non-hydrogen) atoms. The van der Waals surface area contributed by atoms with Crippen LogP contribution in [-0.2, 0) is 13.1 Å². The van der Waals surface area contributed by atoms with Crippen LogP contribution in [0.5, 0.6) is 0 Å². The van der Waals surface area contributed by atoms with E-state index in [0.717, 1.165) is 15.6 Å². The van der Waals surface area contributed by atoms with E-state index in [4.69, 9.17) is 0 Å². The fourth-order valence-electron chi connectivity index (χ4n) is 1.53. The van der Waals surface area contributed by atoms with Gasteiger partial charge in [-0.2, -0.15) is 0 Å². The normalized spacial score (nSPS) is 9.95. The van der Waals surface area contributed by atoms with Gasteiger partial charge in [0.15, 0.2) is 0 Å². The second kappa shape index (κ2) is 6.89. The lowest BCUT2D eigenvalue weighted by atomic mass is 10.2. The molecule has 0 aliphatic heterocycles. The molecule has 0 atom stereocenters. The molecule has 0 unspecified atom stereocenters. The Balaban J connectivity index is 1.74. The number of rotatable bonds is 4. The number of aromatic nitrogens is 1. The first-order valence-electron chi connectivity index (χ1n) is 5.89. The quantitative estimate of drug-likeness (QED) is 0.910. The predicted octanol–water partition coefficient (Wildman–Crippen LogP) is 2.84. The highest BCUT2D eigenvalue weighted by molar-refractivity contribution is 9.10. The van der Waals surface area contributed by atoms with Crippen molar-refractivity contribution in [3.05, 3.63) is 64.4 Å². The second-order valence-electron chi connectivity index (χ2n) is 4.02. The van der Waals surface area contributed by atoms with E-state index in [-0.39, 0.29) is 6.03 Å². The van der Waals surface area contributed by atoms with Gasteiger partial charge < -0.3 is 10.6 Å². The number of hydrogen-bond donors (Lipinski definition) is 2. The molecule has 0 aliphatic carbocycles. The Kier molecular flexibility index (Phi) is 4.92. The van der Waals surface area contributed by atoms with E-state index in [1.165, 1.54) is 0 Å². The molecular weight excluding hydrogens is 306 g/mol. The van der Waals surface area contributed by atoms with E-state index in [9.17, 15) is 4.79 Å². The fraction of sp³-hybridized carbons (Fsp3) is 0.143. The van der Waals surface area contributed by atoms with E-state index in [1.807, 2.05) is 36.4 Å². The van der Waals surface area contributed by atoms with Gasteiger partial charge in [-0.1, -0.05) is 34.1 Å². The molecule has 0 spiro atoms. The molecule has 4 nitrogen and oxygen atoms in total. The summed E-state index contributed by atoms with van der Waals surface area (Å²) in [6.45, 7) is 0.978. The molecule has 0 radical (unpaired) electrons. The van der Waals surface area contributed by atoms with Gasteiger partial charge in [0.05, 0.1) is 0 Å². The van der Waals surface area contributed by atoms with Gasteiger partial charge in [-0.05, 0) is 29.3 Å². The average molecular weight is 320 g/mol. The second-order valence-corrected chi connectivity index (χ2v) is 4.94. The van der Waals surface area contributed by atoms with Crippen molar-refractivity contribution in [2.24, 2.45) is 0 Å². The van der Waals surface area contributed by atoms with Gasteiger partial charge in [-0.3, -0.25) is 4.98 Å². The van der Waals surface area contributed by atoms with Gasteiger partial charge in [-0.25, -0.2) is 4.79 Å². The monoisotopic (exact) mass is 319 g/mol. The highest BCUT2D eigenvalue weighted by Gasteiger charge is 2.00. The molecule has 2 aromatic rings. The Labute approximate surface area is 120 Å². The molecule has 0 bridgehead atoms. The van der Waals surface area contributed by atoms with Crippen molar-refractivity contribution < 1.29 is 4.79 Å². The Morgan fingerprint density at radius 1 is 1.05 bits per heavy atom. The van der Waals surface area contributed by atoms with Gasteiger partial charge in [0.1, 0.15) is 0 Å². The van der Waals surface area contributed by atoms with Crippen LogP contribution in [0.15, 0.2) is 53.3 Å². The average Bonchev–Trinajstić information content (AvgIpc) is 2.45. The molecule has 0 saturated heterocycles. The summed E-state index contributed by atoms with van der Waals surface area (Å²) in [7, 11) is 0. The minimum atomic E-state index is -0.188. The zero-order valence-corrected chi connectivity index (χ0v) is 11.9. The standard InChI is InChI=1S/C14H14BrN3O/c15-13-5-3-11(4-6-13)9-17-14(19)18-10-12-2-1-7-16-8-12/h1-8H,9-10H2,(H2,17,18,19). The van der Waals surface area contributed by atoms with Gasteiger partial charge >= 0.3 is 6.03 Å². The number of urea groups is 1. The fourth-order valence-corrected chi connectivity index (χ4v) is 1.80. The van der Waals surface area contributed by atoms with Crippen molar-refractivity contribution in [1.82, 2.24) is 15.6 Å². The Morgan fingerprint density at radius 2 is 1.74 bits per heavy atom. The summed E-state index contributed by atoms with van der Waals surface area (Å²) in [4.78, 5) is 15.6. The van der Waals surface area contributed by atoms with Crippen LogP contribution in [-0.4, -0.2) is 11.0 Å². The van der Waals surface area contributed by atoms with E-state index in [1.54, 1.807) is 12.4 Å². The molecule has 2 N–H and O–H groups in total. The lowest BCUT2D eigenvalue weighted by Crippen LogP contribution is -2.34. The zero-order chi connectivity index (χ0) is 13.5. The third kappa shape index (κ3) is 4.71. The maximum atomic E-state index is 11.6. The number of carbonyl (C=O) groups excluding carboxylic acids is 1. The molecule has 1 aromatic heterocycles. The van der Waals surface area contributed by atoms with Crippen molar-refractivity contribution >= 4 is 22.0 Å². The largest absolute Gasteiger partial charge is 0.334 e. The summed E-state index contributed by atoms with van der Waals surface area (Å²) < 4.78 is 1.03. The minimum Gasteiger partial charge on any atom is -0.334 e. The molecule has 1 aromatic carbocycles. The Bertz CT molecular complexity index is 528. The van der Waals surface area contributed by atoms with Crippen LogP contribution in [0.25, 0.3) is 0 Å². The molecule has 0 saturated carbocycles. The number of hydrogen-bond acceptors (Lipinski definition) is 2. The number of carbonyl (C=O) groups is 1. The molecule has 2 rings (SSSR count). The zero-order valence-electron chi connectivity index (χ0n) is 10.3. The predicted molar refractivity (Wildman–Crippen MR) is 77.5 cm³/mol. The van der Waals surface area contributed by atoms with Crippen molar-refractivity contribution in [2.45, 2.75) is 13.1 Å². The smallest absolute Gasteiger partial charge is 0.315 e. The number of nitrogens with one attached hydrogen (secondary N) is 2. The summed E-state index contributed by atoms with van der Waals surface area (Å²) in [5.74, 6) is 0. The number of halogens is 1. The minimum absolute atomic E-state index is 0.188. The lowest BCUT2D eigenvalue weighted by Gasteiger charge is -2.07. The van der Waals surface area contributed by atoms with Crippen LogP contribution in [0, 0.1) is 0 Å². The Morgan fingerprint density at radius 3 is 2.37 bits per heavy atom. The van der Waals surface area contributed by atoms with Crippen LogP contribution >= 0.6 is 15.9 Å². The highest BCUT2D eigenvalue weighted by atomic mass is 79.9. The maximum Gasteiger partial charge on any atom is 0.315 e. The van der Waals surface area contributed by atoms with Gasteiger partial charge in [-0.15, -0.1) is 0 Å². The maximum absolute atomic E-state index is 11.6. The third-order valence-corrected chi connectivity index (χ3v) is 3.07. The van der Waals surface area contributed by atoms with Gasteiger partial charge in [0.2, 0.25) is 0 Å². The number of pyridine rings is 1. The SMILES string of the molecule is O=C(NCc1ccc(Br)cc1)NCc1cccnc1. The van der Waals surface area contributed by atoms with Gasteiger partial charge in [0, 0.05) is 30.0 Å². The summed E-state index contributed by atoms with van der Waals surface area (Å²) in [6.07, 6.45) is 3.44. The number of amides is 2. The van der Waals surface area contributed by atoms with E-state index >= 15 is 0 Å². The first-order chi connectivity index (χ1) is 9.24. The molecule has 5 heteroatoms. The van der Waals surface area contributed by atoms with Crippen LogP contribution < -0.4 is 10.6 Å². The van der Waals surface area contributed by atoms with Crippen molar-refractivity contribution in [1.29, 1.82) is 0 Å². The first-order valence-corrected chi connectivity index (χ1v) is 6.68. The molecule has 0 aliphatic rings. The van der Waals surface area contributed by atoms with Crippen LogP contribution in [0.3, 0.4) is 0 Å². The molecule has 2 amide bonds. The third-order valence-electron chi connectivity index (χ3n) is 2.54. The lowest BCUT2D eigenvalue weighted by molar-refractivity contribution is 0.240. The summed E-state index contributed by atoms with van der Waals surface area (Å²) in [5, 5.41) is 5.58. The van der Waals surface area contributed by atoms with Crippen molar-refractivity contribution in [3.63, 3.8) is 0 Å². The van der Waals surface area contributed by atoms with E-state index < -0.39 is 0 Å². The van der Waals surface area contributed by atoms with Crippen LogP contribution in [0.4, 0.5) is 4.79 Å². The van der Waals surface area contributed by atoms with E-state index in [2.05, 4.69) is 31.5 Å². The number of benzene rings is 1. The molecule has 1 heterocycles. The molecule has 98 valence electrons. The molecule has 0 fully saturated rings. The summed E-state index contributed by atoms with van der Waals surface area (Å²) >= 11 is 3.37. The first kappa shape index (κ1) is 13.5. The van der Waals surface area contributed by atoms with Crippen molar-refractivity contribution in [3.8, 4) is 0 Å². The Hall–Kier alpha value is -1.88. The molecular formula is C14H14BrN3O. The summed E-state index contributed by atoms with van der Waals surface area (Å²) in [6, 6.07) is 11.4. The summed E-state index contributed by atoms with van der Waals surface area (Å²) in [5.41, 5.74) is 2.03. The topological polar surface area (TPSA) is 54.0 Å². The van der Waals surface area contributed by atoms with Gasteiger partial charge in [0.25, 0.3) is 0 Å².